The van der Waals surface area contributed by atoms with Gasteiger partial charge in [-0.25, -0.2) is 0 Å². The fourth-order valence-corrected chi connectivity index (χ4v) is 5.13. The Balaban J connectivity index is 1.41. The first kappa shape index (κ1) is 30.2. The summed E-state index contributed by atoms with van der Waals surface area (Å²) in [4.78, 5) is 22.7. The summed E-state index contributed by atoms with van der Waals surface area (Å²) in [5.74, 6) is -0.0851. The molecule has 0 aliphatic rings. The average molecular weight is 568 g/mol. The molecule has 0 spiro atoms. The minimum atomic E-state index is -0.926. The highest BCUT2D eigenvalue weighted by Crippen LogP contribution is 2.31. The monoisotopic (exact) mass is 567 g/mol. The van der Waals surface area contributed by atoms with Gasteiger partial charge in [-0.3, -0.25) is 9.59 Å². The molecule has 0 aliphatic heterocycles. The molecule has 0 atom stereocenters. The number of aromatic nitrogens is 1. The number of para-hydroxylation sites is 2. The highest BCUT2D eigenvalue weighted by Gasteiger charge is 2.18. The Kier molecular flexibility index (Phi) is 10.2. The van der Waals surface area contributed by atoms with Gasteiger partial charge in [0.05, 0.1) is 5.52 Å². The van der Waals surface area contributed by atoms with Crippen LogP contribution in [0.5, 0.6) is 11.5 Å². The van der Waals surface area contributed by atoms with E-state index in [1.54, 1.807) is 0 Å². The maximum atomic E-state index is 11.7. The molecule has 0 fully saturated rings. The Hall–Kier alpha value is -4.78. The van der Waals surface area contributed by atoms with Gasteiger partial charge in [-0.15, -0.1) is 0 Å². The molecular weight excluding hydrogens is 530 g/mol. The van der Waals surface area contributed by atoms with E-state index in [9.17, 15) is 14.7 Å². The van der Waals surface area contributed by atoms with E-state index in [2.05, 4.69) is 0 Å². The van der Waals surface area contributed by atoms with Crippen LogP contribution < -0.4 is 9.47 Å². The fraction of sp³-hybridized carbons (Fsp3) is 0.257. The van der Waals surface area contributed by atoms with Crippen LogP contribution in [0.3, 0.4) is 0 Å². The number of aliphatic carboxylic acids is 2. The van der Waals surface area contributed by atoms with Crippen LogP contribution in [-0.4, -0.2) is 39.9 Å². The van der Waals surface area contributed by atoms with Gasteiger partial charge in [0.15, 0.2) is 0 Å². The number of benzene rings is 3. The molecule has 0 unspecified atom stereocenters. The first-order valence-corrected chi connectivity index (χ1v) is 14.0. The molecule has 1 aromatic heterocycles. The van der Waals surface area contributed by atoms with Crippen LogP contribution in [0.2, 0.25) is 0 Å². The highest BCUT2D eigenvalue weighted by molar-refractivity contribution is 5.95. The van der Waals surface area contributed by atoms with Crippen LogP contribution in [0.25, 0.3) is 23.1 Å². The number of carboxylic acids is 2. The van der Waals surface area contributed by atoms with E-state index in [1.165, 1.54) is 0 Å². The fourth-order valence-electron chi connectivity index (χ4n) is 5.13. The van der Waals surface area contributed by atoms with Gasteiger partial charge in [0.2, 0.25) is 0 Å². The third-order valence-corrected chi connectivity index (χ3v) is 7.20. The largest absolute Gasteiger partial charge is 0.490 e. The van der Waals surface area contributed by atoms with Gasteiger partial charge in [0.25, 0.3) is 0 Å². The molecule has 7 heteroatoms. The van der Waals surface area contributed by atoms with E-state index in [-0.39, 0.29) is 13.0 Å². The molecule has 4 aromatic rings. The van der Waals surface area contributed by atoms with Crippen molar-refractivity contribution < 1.29 is 29.3 Å². The SMILES string of the molecule is Cc1cccc(C)c1OC/C=C/COc1ccc(C=Cc2cccc3c(CCCC(=O)O)c(C)n(CC(=O)O)c23)cc1. The van der Waals surface area contributed by atoms with Crippen LogP contribution >= 0.6 is 0 Å². The lowest BCUT2D eigenvalue weighted by Gasteiger charge is -2.09. The molecule has 4 rings (SSSR count). The van der Waals surface area contributed by atoms with Crippen LogP contribution in [0.4, 0.5) is 0 Å². The molecule has 3 aromatic carbocycles. The lowest BCUT2D eigenvalue weighted by molar-refractivity contribution is -0.138. The zero-order valence-corrected chi connectivity index (χ0v) is 24.3. The number of hydrogen-bond donors (Lipinski definition) is 2. The molecule has 42 heavy (non-hydrogen) atoms. The van der Waals surface area contributed by atoms with E-state index in [4.69, 9.17) is 14.6 Å². The van der Waals surface area contributed by atoms with Crippen molar-refractivity contribution in [2.45, 2.75) is 46.6 Å². The van der Waals surface area contributed by atoms with E-state index in [1.807, 2.05) is 110 Å². The molecule has 1 heterocycles. The average Bonchev–Trinajstić information content (AvgIpc) is 3.21. The molecular formula is C35H37NO6. The summed E-state index contributed by atoms with van der Waals surface area (Å²) in [7, 11) is 0. The molecule has 0 saturated carbocycles. The summed E-state index contributed by atoms with van der Waals surface area (Å²) in [6, 6.07) is 19.8. The van der Waals surface area contributed by atoms with Crippen LogP contribution in [0.1, 0.15) is 46.4 Å². The van der Waals surface area contributed by atoms with Crippen molar-refractivity contribution in [2.24, 2.45) is 0 Å². The smallest absolute Gasteiger partial charge is 0.323 e. The molecule has 0 aliphatic carbocycles. The molecule has 2 N–H and O–H groups in total. The third kappa shape index (κ3) is 7.69. The zero-order valence-electron chi connectivity index (χ0n) is 24.3. The number of nitrogens with zero attached hydrogens (tertiary/aromatic N) is 1. The number of fused-ring (bicyclic) bond motifs is 1. The standard InChI is InChI=1S/C35H37NO6/c1-24-9-6-10-25(2)35(24)42-22-5-4-21-41-29-19-16-27(17-20-29)15-18-28-11-7-13-31-30(12-8-14-32(37)38)26(3)36(34(28)31)23-33(39)40/h4-7,9-11,13,15-20H,8,12,14,21-23H2,1-3H3,(H,37,38)(H,39,40)/b5-4+,18-15?. The number of rotatable bonds is 14. The van der Waals surface area contributed by atoms with Gasteiger partial charge >= 0.3 is 11.9 Å². The Bertz CT molecular complexity index is 1590. The van der Waals surface area contributed by atoms with Gasteiger partial charge in [-0.2, -0.15) is 0 Å². The van der Waals surface area contributed by atoms with Gasteiger partial charge in [-0.05, 0) is 85.7 Å². The van der Waals surface area contributed by atoms with Crippen molar-refractivity contribution in [3.05, 3.63) is 106 Å². The topological polar surface area (TPSA) is 98.0 Å². The van der Waals surface area contributed by atoms with E-state index in [0.29, 0.717) is 26.1 Å². The first-order valence-electron chi connectivity index (χ1n) is 14.0. The number of ether oxygens (including phenoxy) is 2. The van der Waals surface area contributed by atoms with Crippen molar-refractivity contribution >= 4 is 35.0 Å². The third-order valence-electron chi connectivity index (χ3n) is 7.20. The predicted molar refractivity (Wildman–Crippen MR) is 166 cm³/mol. The van der Waals surface area contributed by atoms with Crippen LogP contribution in [-0.2, 0) is 22.6 Å². The Morgan fingerprint density at radius 3 is 2.14 bits per heavy atom. The predicted octanol–water partition coefficient (Wildman–Crippen LogP) is 7.24. The molecule has 0 saturated heterocycles. The maximum Gasteiger partial charge on any atom is 0.323 e. The van der Waals surface area contributed by atoms with E-state index in [0.717, 1.165) is 55.9 Å². The summed E-state index contributed by atoms with van der Waals surface area (Å²) < 4.78 is 13.5. The second kappa shape index (κ2) is 14.2. The zero-order chi connectivity index (χ0) is 30.1. The second-order valence-electron chi connectivity index (χ2n) is 10.3. The number of carboxylic acid groups (broad SMARTS) is 2. The summed E-state index contributed by atoms with van der Waals surface area (Å²) in [5.41, 5.74) is 6.80. The molecule has 0 radical (unpaired) electrons. The minimum absolute atomic E-state index is 0.0722. The molecule has 7 nitrogen and oxygen atoms in total. The van der Waals surface area contributed by atoms with Gasteiger partial charge in [-0.1, -0.05) is 60.7 Å². The summed E-state index contributed by atoms with van der Waals surface area (Å²) in [5, 5.41) is 19.6. The first-order chi connectivity index (χ1) is 20.2. The Morgan fingerprint density at radius 2 is 1.48 bits per heavy atom. The number of carbonyl (C=O) groups is 2. The lowest BCUT2D eigenvalue weighted by atomic mass is 10.0. The van der Waals surface area contributed by atoms with Gasteiger partial charge in [0.1, 0.15) is 31.3 Å². The molecule has 0 amide bonds. The van der Waals surface area contributed by atoms with Crippen molar-refractivity contribution in [3.8, 4) is 11.5 Å². The quantitative estimate of drug-likeness (QED) is 0.123. The van der Waals surface area contributed by atoms with Crippen LogP contribution in [0.15, 0.2) is 72.8 Å². The van der Waals surface area contributed by atoms with Gasteiger partial charge in [0, 0.05) is 17.5 Å². The minimum Gasteiger partial charge on any atom is -0.490 e. The van der Waals surface area contributed by atoms with Crippen molar-refractivity contribution in [2.75, 3.05) is 13.2 Å². The van der Waals surface area contributed by atoms with E-state index < -0.39 is 11.9 Å². The molecule has 0 bridgehead atoms. The summed E-state index contributed by atoms with van der Waals surface area (Å²) >= 11 is 0. The molecule has 218 valence electrons. The van der Waals surface area contributed by atoms with Crippen molar-refractivity contribution in [1.82, 2.24) is 4.57 Å². The lowest BCUT2D eigenvalue weighted by Crippen LogP contribution is -2.10. The summed E-state index contributed by atoms with van der Waals surface area (Å²) in [6.45, 7) is 6.72. The van der Waals surface area contributed by atoms with E-state index >= 15 is 0 Å². The Labute approximate surface area is 246 Å². The van der Waals surface area contributed by atoms with Crippen LogP contribution in [0, 0.1) is 20.8 Å². The number of hydrogen-bond acceptors (Lipinski definition) is 4. The number of aryl methyl sites for hydroxylation is 3. The van der Waals surface area contributed by atoms with Crippen molar-refractivity contribution in [3.63, 3.8) is 0 Å². The Morgan fingerprint density at radius 1 is 0.810 bits per heavy atom. The second-order valence-corrected chi connectivity index (χ2v) is 10.3. The highest BCUT2D eigenvalue weighted by atomic mass is 16.5. The summed E-state index contributed by atoms with van der Waals surface area (Å²) in [6.07, 6.45) is 8.99. The maximum absolute atomic E-state index is 11.7. The van der Waals surface area contributed by atoms with Gasteiger partial charge < -0.3 is 24.3 Å². The van der Waals surface area contributed by atoms with Crippen molar-refractivity contribution in [1.29, 1.82) is 0 Å². The normalized spacial score (nSPS) is 11.5.